The first-order valence-electron chi connectivity index (χ1n) is 9.38. The van der Waals surface area contributed by atoms with Gasteiger partial charge in [0.05, 0.1) is 22.7 Å². The normalized spacial score (nSPS) is 13.9. The van der Waals surface area contributed by atoms with Gasteiger partial charge in [-0.3, -0.25) is 14.6 Å². The third-order valence-electron chi connectivity index (χ3n) is 5.14. The van der Waals surface area contributed by atoms with Gasteiger partial charge in [-0.15, -0.1) is 11.6 Å². The van der Waals surface area contributed by atoms with Gasteiger partial charge in [-0.1, -0.05) is 6.92 Å². The van der Waals surface area contributed by atoms with Gasteiger partial charge >= 0.3 is 0 Å². The van der Waals surface area contributed by atoms with E-state index in [2.05, 4.69) is 4.98 Å². The lowest BCUT2D eigenvalue weighted by Crippen LogP contribution is -2.19. The van der Waals surface area contributed by atoms with Gasteiger partial charge in [0.25, 0.3) is 0 Å². The van der Waals surface area contributed by atoms with Crippen LogP contribution in [0.4, 0.5) is 4.39 Å². The van der Waals surface area contributed by atoms with Gasteiger partial charge in [0.15, 0.2) is 11.2 Å². The molecule has 2 heterocycles. The number of rotatable bonds is 5. The van der Waals surface area contributed by atoms with Crippen molar-refractivity contribution in [2.45, 2.75) is 45.0 Å². The fourth-order valence-electron chi connectivity index (χ4n) is 3.60. The Balaban J connectivity index is 2.01. The average molecular weight is 399 g/mol. The number of pyridine rings is 2. The van der Waals surface area contributed by atoms with Crippen molar-refractivity contribution >= 4 is 28.3 Å². The summed E-state index contributed by atoms with van der Waals surface area (Å²) in [7, 11) is 0. The topological polar surface area (TPSA) is 52.0 Å². The first-order valence-corrected chi connectivity index (χ1v) is 9.92. The van der Waals surface area contributed by atoms with Crippen molar-refractivity contribution in [1.29, 1.82) is 0 Å². The minimum Gasteiger partial charge on any atom is -0.343 e. The van der Waals surface area contributed by atoms with Crippen molar-refractivity contribution in [2.75, 3.05) is 0 Å². The zero-order valence-corrected chi connectivity index (χ0v) is 16.5. The van der Waals surface area contributed by atoms with E-state index in [9.17, 15) is 9.59 Å². The second kappa shape index (κ2) is 7.13. The number of hydrogen-bond donors (Lipinski definition) is 0. The molecule has 1 saturated carbocycles. The number of Topliss-reactive ketones (excluding diaryl/α,β-unsaturated/α-hetero) is 1. The van der Waals surface area contributed by atoms with Gasteiger partial charge in [-0.05, 0) is 49.6 Å². The fourth-order valence-corrected chi connectivity index (χ4v) is 3.73. The van der Waals surface area contributed by atoms with E-state index in [1.165, 1.54) is 6.07 Å². The molecule has 1 aliphatic carbocycles. The Hall–Kier alpha value is -2.53. The summed E-state index contributed by atoms with van der Waals surface area (Å²) in [6, 6.07) is 6.77. The zero-order valence-electron chi connectivity index (χ0n) is 15.8. The minimum atomic E-state index is -0.501. The molecule has 1 fully saturated rings. The van der Waals surface area contributed by atoms with Crippen molar-refractivity contribution in [3.05, 3.63) is 63.5 Å². The molecule has 0 saturated heterocycles. The average Bonchev–Trinajstić information content (AvgIpc) is 3.52. The number of nitrogens with zero attached hydrogens (tertiary/aromatic N) is 2. The maximum Gasteiger partial charge on any atom is 0.200 e. The van der Waals surface area contributed by atoms with Crippen molar-refractivity contribution < 1.29 is 9.18 Å². The number of carbonyl (C=O) groups is 1. The van der Waals surface area contributed by atoms with Crippen LogP contribution in [0.2, 0.25) is 0 Å². The van der Waals surface area contributed by atoms with Crippen LogP contribution in [0, 0.1) is 12.7 Å². The Bertz CT molecular complexity index is 1170. The molecule has 1 aromatic carbocycles. The number of benzene rings is 1. The summed E-state index contributed by atoms with van der Waals surface area (Å²) < 4.78 is 17.0. The van der Waals surface area contributed by atoms with Crippen LogP contribution in [0.1, 0.15) is 54.0 Å². The van der Waals surface area contributed by atoms with Gasteiger partial charge in [0.2, 0.25) is 0 Å². The van der Waals surface area contributed by atoms with E-state index < -0.39 is 11.2 Å². The van der Waals surface area contributed by atoms with Crippen molar-refractivity contribution in [1.82, 2.24) is 9.55 Å². The largest absolute Gasteiger partial charge is 0.343 e. The van der Waals surface area contributed by atoms with Crippen molar-refractivity contribution in [3.8, 4) is 11.1 Å². The fraction of sp³-hybridized carbons (Fsp3) is 0.318. The van der Waals surface area contributed by atoms with Crippen LogP contribution in [0.5, 0.6) is 0 Å². The lowest BCUT2D eigenvalue weighted by atomic mass is 10.00. The van der Waals surface area contributed by atoms with E-state index >= 15 is 4.39 Å². The molecular formula is C22H20ClFN2O2. The van der Waals surface area contributed by atoms with Crippen molar-refractivity contribution in [2.24, 2.45) is 0 Å². The Morgan fingerprint density at radius 2 is 2.04 bits per heavy atom. The molecule has 6 heteroatoms. The number of aryl methyl sites for hydroxylation is 1. The highest BCUT2D eigenvalue weighted by atomic mass is 35.5. The SMILES string of the molecule is CCC(=O)c1cn(C2CC2)c2cc(-c3cc(C)nc(CCl)c3)c(F)cc2c1=O. The van der Waals surface area contributed by atoms with Gasteiger partial charge < -0.3 is 4.57 Å². The number of fused-ring (bicyclic) bond motifs is 1. The van der Waals surface area contributed by atoms with E-state index in [4.69, 9.17) is 11.6 Å². The number of hydrogen-bond acceptors (Lipinski definition) is 3. The predicted molar refractivity (Wildman–Crippen MR) is 109 cm³/mol. The third kappa shape index (κ3) is 3.24. The van der Waals surface area contributed by atoms with Gasteiger partial charge in [0.1, 0.15) is 5.82 Å². The van der Waals surface area contributed by atoms with Gasteiger partial charge in [-0.2, -0.15) is 0 Å². The molecule has 144 valence electrons. The second-order valence-electron chi connectivity index (χ2n) is 7.26. The highest BCUT2D eigenvalue weighted by Crippen LogP contribution is 2.38. The number of alkyl halides is 1. The van der Waals surface area contributed by atoms with Gasteiger partial charge in [0, 0.05) is 35.3 Å². The molecule has 0 spiro atoms. The molecule has 28 heavy (non-hydrogen) atoms. The molecule has 0 radical (unpaired) electrons. The second-order valence-corrected chi connectivity index (χ2v) is 7.53. The Morgan fingerprint density at radius 3 is 2.68 bits per heavy atom. The van der Waals surface area contributed by atoms with E-state index in [-0.39, 0.29) is 35.1 Å². The maximum atomic E-state index is 15.0. The van der Waals surface area contributed by atoms with E-state index in [0.717, 1.165) is 18.5 Å². The molecule has 4 nitrogen and oxygen atoms in total. The highest BCUT2D eigenvalue weighted by molar-refractivity contribution is 6.16. The number of carbonyl (C=O) groups excluding carboxylic acids is 1. The minimum absolute atomic E-state index is 0.137. The molecule has 0 unspecified atom stereocenters. The molecule has 0 N–H and O–H groups in total. The van der Waals surface area contributed by atoms with Crippen LogP contribution in [0.15, 0.2) is 35.3 Å². The quantitative estimate of drug-likeness (QED) is 0.439. The first kappa shape index (κ1) is 18.8. The van der Waals surface area contributed by atoms with E-state index in [1.807, 2.05) is 11.5 Å². The summed E-state index contributed by atoms with van der Waals surface area (Å²) in [6.45, 7) is 3.55. The van der Waals surface area contributed by atoms with Crippen LogP contribution in [-0.4, -0.2) is 15.3 Å². The van der Waals surface area contributed by atoms with Gasteiger partial charge in [-0.25, -0.2) is 4.39 Å². The summed E-state index contributed by atoms with van der Waals surface area (Å²) in [5.74, 6) is -0.486. The standard InChI is InChI=1S/C22H20ClFN2O2/c1-3-21(27)18-11-26(15-4-5-15)20-9-16(19(24)8-17(20)22(18)28)13-6-12(2)25-14(7-13)10-23/h6-9,11,15H,3-5,10H2,1-2H3. The van der Waals surface area contributed by atoms with E-state index in [0.29, 0.717) is 22.3 Å². The number of halogens is 2. The van der Waals surface area contributed by atoms with Crippen LogP contribution in [0.3, 0.4) is 0 Å². The number of aromatic nitrogens is 2. The third-order valence-corrected chi connectivity index (χ3v) is 5.41. The molecule has 0 aliphatic heterocycles. The summed E-state index contributed by atoms with van der Waals surface area (Å²) in [6.07, 6.45) is 3.85. The molecule has 3 aromatic rings. The highest BCUT2D eigenvalue weighted by Gasteiger charge is 2.27. The van der Waals surface area contributed by atoms with Crippen LogP contribution < -0.4 is 5.43 Å². The molecule has 1 aliphatic rings. The predicted octanol–water partition coefficient (Wildman–Crippen LogP) is 5.18. The first-order chi connectivity index (χ1) is 13.4. The molecule has 4 rings (SSSR count). The summed E-state index contributed by atoms with van der Waals surface area (Å²) in [5.41, 5.74) is 2.86. The molecule has 0 amide bonds. The molecule has 0 bridgehead atoms. The Kier molecular flexibility index (Phi) is 4.79. The van der Waals surface area contributed by atoms with E-state index in [1.54, 1.807) is 31.3 Å². The zero-order chi connectivity index (χ0) is 20.0. The Labute approximate surface area is 167 Å². The molecule has 2 aromatic heterocycles. The lowest BCUT2D eigenvalue weighted by molar-refractivity contribution is 0.0986. The number of ketones is 1. The van der Waals surface area contributed by atoms with Crippen LogP contribution >= 0.6 is 11.6 Å². The molecule has 0 atom stereocenters. The van der Waals surface area contributed by atoms with Crippen LogP contribution in [-0.2, 0) is 5.88 Å². The smallest absolute Gasteiger partial charge is 0.200 e. The molecular weight excluding hydrogens is 379 g/mol. The monoisotopic (exact) mass is 398 g/mol. The summed E-state index contributed by atoms with van der Waals surface area (Å²) in [5, 5.41) is 0.246. The van der Waals surface area contributed by atoms with Crippen molar-refractivity contribution in [3.63, 3.8) is 0 Å². The summed E-state index contributed by atoms with van der Waals surface area (Å²) >= 11 is 5.92. The lowest BCUT2D eigenvalue weighted by Gasteiger charge is -2.15. The Morgan fingerprint density at radius 1 is 1.29 bits per heavy atom. The van der Waals surface area contributed by atoms with Crippen LogP contribution in [0.25, 0.3) is 22.0 Å². The maximum absolute atomic E-state index is 15.0. The summed E-state index contributed by atoms with van der Waals surface area (Å²) in [4.78, 5) is 29.4.